The van der Waals surface area contributed by atoms with Gasteiger partial charge < -0.3 is 14.6 Å². The van der Waals surface area contributed by atoms with Crippen molar-refractivity contribution in [1.29, 1.82) is 0 Å². The van der Waals surface area contributed by atoms with Crippen LogP contribution in [0.25, 0.3) is 22.3 Å². The van der Waals surface area contributed by atoms with Crippen LogP contribution in [-0.4, -0.2) is 24.3 Å². The standard InChI is InChI=1S/C32H26Cl2FNO5S/c1-18(26-17-23(35)9-12-27(26)34)41-31(39)36-42-29-16-22(33)8-11-25(29)20-5-10-24(28(15-20)40-2)19-3-6-21(7-4-19)32(13-14-32)30(37)38/h3-12,15-18H,13-14H2,1-2H3,(H,36,39)(H,37,38). The van der Waals surface area contributed by atoms with Crippen LogP contribution in [0.4, 0.5) is 9.18 Å². The quantitative estimate of drug-likeness (QED) is 0.180. The van der Waals surface area contributed by atoms with E-state index in [0.29, 0.717) is 39.1 Å². The number of rotatable bonds is 9. The molecule has 5 rings (SSSR count). The van der Waals surface area contributed by atoms with Gasteiger partial charge in [0.05, 0.1) is 12.5 Å². The maximum atomic E-state index is 13.7. The summed E-state index contributed by atoms with van der Waals surface area (Å²) in [5.74, 6) is -0.646. The molecule has 0 aromatic heterocycles. The van der Waals surface area contributed by atoms with Gasteiger partial charge in [-0.1, -0.05) is 65.7 Å². The van der Waals surface area contributed by atoms with Crippen LogP contribution in [0.15, 0.2) is 83.8 Å². The van der Waals surface area contributed by atoms with Crippen molar-refractivity contribution in [2.45, 2.75) is 36.2 Å². The van der Waals surface area contributed by atoms with E-state index in [-0.39, 0.29) is 0 Å². The second-order valence-corrected chi connectivity index (χ2v) is 11.6. The van der Waals surface area contributed by atoms with Crippen LogP contribution in [0.3, 0.4) is 0 Å². The van der Waals surface area contributed by atoms with Crippen LogP contribution in [0.1, 0.15) is 37.0 Å². The zero-order valence-electron chi connectivity index (χ0n) is 22.6. The number of benzene rings is 4. The number of ether oxygens (including phenoxy) is 2. The van der Waals surface area contributed by atoms with Crippen molar-refractivity contribution < 1.29 is 28.6 Å². The van der Waals surface area contributed by atoms with E-state index in [4.69, 9.17) is 32.7 Å². The van der Waals surface area contributed by atoms with Crippen molar-refractivity contribution in [3.8, 4) is 28.0 Å². The lowest BCUT2D eigenvalue weighted by Gasteiger charge is -2.17. The van der Waals surface area contributed by atoms with Gasteiger partial charge in [-0.05, 0) is 90.4 Å². The van der Waals surface area contributed by atoms with Crippen LogP contribution in [0.5, 0.6) is 5.75 Å². The number of methoxy groups -OCH3 is 1. The first kappa shape index (κ1) is 29.8. The first-order valence-corrected chi connectivity index (χ1v) is 14.6. The molecule has 1 amide bonds. The molecule has 0 bridgehead atoms. The van der Waals surface area contributed by atoms with E-state index in [1.54, 1.807) is 26.2 Å². The zero-order valence-corrected chi connectivity index (χ0v) is 24.9. The number of carbonyl (C=O) groups is 2. The van der Waals surface area contributed by atoms with Gasteiger partial charge >= 0.3 is 12.1 Å². The van der Waals surface area contributed by atoms with E-state index < -0.39 is 29.4 Å². The summed E-state index contributed by atoms with van der Waals surface area (Å²) in [5.41, 5.74) is 3.76. The smallest absolute Gasteiger partial charge is 0.418 e. The third kappa shape index (κ3) is 6.21. The monoisotopic (exact) mass is 625 g/mol. The van der Waals surface area contributed by atoms with Crippen molar-refractivity contribution in [2.75, 3.05) is 7.11 Å². The van der Waals surface area contributed by atoms with Crippen molar-refractivity contribution in [2.24, 2.45) is 0 Å². The number of amides is 1. The predicted molar refractivity (Wildman–Crippen MR) is 163 cm³/mol. The summed E-state index contributed by atoms with van der Waals surface area (Å²) in [4.78, 5) is 24.9. The first-order chi connectivity index (χ1) is 20.1. The summed E-state index contributed by atoms with van der Waals surface area (Å²) in [7, 11) is 1.59. The fourth-order valence-electron chi connectivity index (χ4n) is 4.81. The lowest BCUT2D eigenvalue weighted by Crippen LogP contribution is -2.19. The zero-order chi connectivity index (χ0) is 30.0. The number of hydrogen-bond acceptors (Lipinski definition) is 5. The van der Waals surface area contributed by atoms with Gasteiger partial charge in [0.25, 0.3) is 0 Å². The van der Waals surface area contributed by atoms with Crippen LogP contribution in [0.2, 0.25) is 10.0 Å². The molecule has 1 saturated carbocycles. The van der Waals surface area contributed by atoms with Crippen molar-refractivity contribution >= 4 is 47.2 Å². The summed E-state index contributed by atoms with van der Waals surface area (Å²) in [5, 5.41) is 10.4. The highest BCUT2D eigenvalue weighted by Crippen LogP contribution is 2.49. The summed E-state index contributed by atoms with van der Waals surface area (Å²) >= 11 is 13.4. The third-order valence-corrected chi connectivity index (χ3v) is 8.69. The number of halogens is 3. The lowest BCUT2D eigenvalue weighted by atomic mass is 9.93. The minimum absolute atomic E-state index is 0.293. The topological polar surface area (TPSA) is 84.9 Å². The van der Waals surface area contributed by atoms with Gasteiger partial charge in [-0.25, -0.2) is 9.18 Å². The molecule has 1 unspecified atom stereocenters. The van der Waals surface area contributed by atoms with Crippen molar-refractivity contribution in [1.82, 2.24) is 4.72 Å². The number of carbonyl (C=O) groups excluding carboxylic acids is 1. The highest BCUT2D eigenvalue weighted by atomic mass is 35.5. The molecular weight excluding hydrogens is 600 g/mol. The number of hydrogen-bond donors (Lipinski definition) is 2. The van der Waals surface area contributed by atoms with E-state index >= 15 is 0 Å². The summed E-state index contributed by atoms with van der Waals surface area (Å²) < 4.78 is 27.4. The van der Waals surface area contributed by atoms with Gasteiger partial charge in [0.15, 0.2) is 0 Å². The predicted octanol–water partition coefficient (Wildman–Crippen LogP) is 9.09. The molecule has 0 heterocycles. The first-order valence-electron chi connectivity index (χ1n) is 13.0. The Balaban J connectivity index is 1.34. The fourth-order valence-corrected chi connectivity index (χ4v) is 6.04. The number of carboxylic acid groups (broad SMARTS) is 1. The molecule has 4 aromatic rings. The second kappa shape index (κ2) is 12.3. The normalized spacial score (nSPS) is 14.1. The highest BCUT2D eigenvalue weighted by molar-refractivity contribution is 7.98. The van der Waals surface area contributed by atoms with Crippen LogP contribution in [-0.2, 0) is 14.9 Å². The van der Waals surface area contributed by atoms with Gasteiger partial charge in [0.1, 0.15) is 17.7 Å². The Morgan fingerprint density at radius 3 is 2.31 bits per heavy atom. The minimum Gasteiger partial charge on any atom is -0.496 e. The molecule has 6 nitrogen and oxygen atoms in total. The Labute approximate surface area is 256 Å². The van der Waals surface area contributed by atoms with E-state index in [1.165, 1.54) is 18.2 Å². The second-order valence-electron chi connectivity index (χ2n) is 9.94. The number of nitrogens with one attached hydrogen (secondary N) is 1. The molecule has 4 aromatic carbocycles. The molecule has 0 spiro atoms. The van der Waals surface area contributed by atoms with Crippen molar-refractivity contribution in [3.05, 3.63) is 106 Å². The molecule has 0 radical (unpaired) electrons. The Morgan fingerprint density at radius 1 is 0.952 bits per heavy atom. The maximum absolute atomic E-state index is 13.7. The molecule has 216 valence electrons. The molecular formula is C32H26Cl2FNO5S. The molecule has 0 saturated heterocycles. The highest BCUT2D eigenvalue weighted by Gasteiger charge is 2.51. The van der Waals surface area contributed by atoms with Gasteiger partial charge in [0, 0.05) is 26.1 Å². The third-order valence-electron chi connectivity index (χ3n) is 7.29. The van der Waals surface area contributed by atoms with Crippen molar-refractivity contribution in [3.63, 3.8) is 0 Å². The molecule has 0 aliphatic heterocycles. The van der Waals surface area contributed by atoms with Gasteiger partial charge in [-0.2, -0.15) is 0 Å². The molecule has 1 aliphatic carbocycles. The van der Waals surface area contributed by atoms with E-state index in [9.17, 15) is 19.1 Å². The van der Waals surface area contributed by atoms with Gasteiger partial charge in [0.2, 0.25) is 0 Å². The summed E-state index contributed by atoms with van der Waals surface area (Å²) in [6, 6.07) is 22.5. The fraction of sp³-hybridized carbons (Fsp3) is 0.188. The summed E-state index contributed by atoms with van der Waals surface area (Å²) in [6.45, 7) is 1.60. The van der Waals surface area contributed by atoms with Crippen LogP contribution < -0.4 is 9.46 Å². The average molecular weight is 627 g/mol. The van der Waals surface area contributed by atoms with E-state index in [2.05, 4.69) is 4.72 Å². The Bertz CT molecular complexity index is 1660. The molecule has 2 N–H and O–H groups in total. The average Bonchev–Trinajstić information content (AvgIpc) is 3.80. The summed E-state index contributed by atoms with van der Waals surface area (Å²) in [6.07, 6.45) is -0.217. The van der Waals surface area contributed by atoms with Crippen LogP contribution >= 0.6 is 35.1 Å². The Morgan fingerprint density at radius 2 is 1.64 bits per heavy atom. The minimum atomic E-state index is -0.790. The number of carboxylic acids is 1. The Kier molecular flexibility index (Phi) is 8.68. The number of aliphatic carboxylic acids is 1. The maximum Gasteiger partial charge on any atom is 0.418 e. The van der Waals surface area contributed by atoms with Gasteiger partial charge in [-0.3, -0.25) is 9.52 Å². The molecule has 10 heteroatoms. The van der Waals surface area contributed by atoms with Gasteiger partial charge in [-0.15, -0.1) is 0 Å². The molecule has 42 heavy (non-hydrogen) atoms. The van der Waals surface area contributed by atoms with E-state index in [1.807, 2.05) is 48.5 Å². The van der Waals surface area contributed by atoms with Crippen LogP contribution in [0, 0.1) is 5.82 Å². The Hall–Kier alpha value is -3.72. The largest absolute Gasteiger partial charge is 0.496 e. The van der Waals surface area contributed by atoms with E-state index in [0.717, 1.165) is 39.8 Å². The lowest BCUT2D eigenvalue weighted by molar-refractivity contribution is -0.140. The molecule has 1 aliphatic rings. The molecule has 1 fully saturated rings. The SMILES string of the molecule is COc1cc(-c2ccc(Cl)cc2SNC(=O)OC(C)c2cc(F)ccc2Cl)ccc1-c1ccc(C2(C(=O)O)CC2)cc1. The molecule has 1 atom stereocenters.